The van der Waals surface area contributed by atoms with E-state index < -0.39 is 0 Å². The van der Waals surface area contributed by atoms with Crippen molar-refractivity contribution in [1.29, 1.82) is 0 Å². The molecule has 0 saturated carbocycles. The number of likely N-dealkylation sites (N-methyl/N-ethyl adjacent to an activating group) is 1. The second-order valence-electron chi connectivity index (χ2n) is 6.87. The molecule has 0 unspecified atom stereocenters. The van der Waals surface area contributed by atoms with Crippen LogP contribution in [0.2, 0.25) is 0 Å². The number of hydrogen-bond donors (Lipinski definition) is 0. The van der Waals surface area contributed by atoms with E-state index >= 15 is 0 Å². The van der Waals surface area contributed by atoms with E-state index in [-0.39, 0.29) is 5.91 Å². The molecule has 1 amide bonds. The Morgan fingerprint density at radius 1 is 1.08 bits per heavy atom. The van der Waals surface area contributed by atoms with Crippen molar-refractivity contribution in [2.24, 2.45) is 0 Å². The fourth-order valence-corrected chi connectivity index (χ4v) is 4.29. The van der Waals surface area contributed by atoms with Crippen LogP contribution in [0.4, 0.5) is 0 Å². The molecule has 2 aliphatic rings. The highest BCUT2D eigenvalue weighted by molar-refractivity contribution is 5.98. The molecule has 126 valence electrons. The standard InChI is InChI=1S/C19H24N4O/c1-21-12-4-9-17(21)18-10-5-13-22(18)19(24)15-7-2-3-8-16(15)23-14-6-11-20-23/h2-3,6-8,11,14,17-18H,4-5,9-10,12-13H2,1H3/t17-,18+/m1/s1. The van der Waals surface area contributed by atoms with Gasteiger partial charge in [-0.15, -0.1) is 0 Å². The third-order valence-electron chi connectivity index (χ3n) is 5.47. The summed E-state index contributed by atoms with van der Waals surface area (Å²) in [7, 11) is 2.19. The zero-order valence-corrected chi connectivity index (χ0v) is 14.1. The Kier molecular flexibility index (Phi) is 4.10. The number of carbonyl (C=O) groups is 1. The van der Waals surface area contributed by atoms with Gasteiger partial charge in [0.15, 0.2) is 0 Å². The van der Waals surface area contributed by atoms with Crippen molar-refractivity contribution in [3.05, 3.63) is 48.3 Å². The van der Waals surface area contributed by atoms with Crippen molar-refractivity contribution in [2.75, 3.05) is 20.1 Å². The van der Waals surface area contributed by atoms with Crippen LogP contribution in [0.3, 0.4) is 0 Å². The van der Waals surface area contributed by atoms with E-state index in [2.05, 4.69) is 21.9 Å². The molecule has 2 fully saturated rings. The predicted molar refractivity (Wildman–Crippen MR) is 93.3 cm³/mol. The summed E-state index contributed by atoms with van der Waals surface area (Å²) in [5, 5.41) is 4.30. The molecular weight excluding hydrogens is 300 g/mol. The van der Waals surface area contributed by atoms with Gasteiger partial charge >= 0.3 is 0 Å². The van der Waals surface area contributed by atoms with Gasteiger partial charge in [-0.1, -0.05) is 12.1 Å². The first-order chi connectivity index (χ1) is 11.8. The molecule has 3 heterocycles. The summed E-state index contributed by atoms with van der Waals surface area (Å²) in [6.45, 7) is 2.01. The van der Waals surface area contributed by atoms with Crippen LogP contribution in [0.1, 0.15) is 36.0 Å². The number of para-hydroxylation sites is 1. The van der Waals surface area contributed by atoms with E-state index in [1.165, 1.54) is 12.8 Å². The molecule has 24 heavy (non-hydrogen) atoms. The van der Waals surface area contributed by atoms with Gasteiger partial charge in [0.25, 0.3) is 5.91 Å². The van der Waals surface area contributed by atoms with Crippen molar-refractivity contribution in [1.82, 2.24) is 19.6 Å². The average Bonchev–Trinajstić information content (AvgIpc) is 3.35. The van der Waals surface area contributed by atoms with Gasteiger partial charge < -0.3 is 9.80 Å². The van der Waals surface area contributed by atoms with Gasteiger partial charge in [-0.3, -0.25) is 4.79 Å². The molecule has 1 aromatic heterocycles. The van der Waals surface area contributed by atoms with Gasteiger partial charge in [-0.25, -0.2) is 4.68 Å². The van der Waals surface area contributed by atoms with Gasteiger partial charge in [-0.05, 0) is 57.5 Å². The summed E-state index contributed by atoms with van der Waals surface area (Å²) in [4.78, 5) is 17.8. The number of nitrogens with zero attached hydrogens (tertiary/aromatic N) is 4. The van der Waals surface area contributed by atoms with Crippen LogP contribution in [0.25, 0.3) is 5.69 Å². The van der Waals surface area contributed by atoms with Crippen molar-refractivity contribution in [3.63, 3.8) is 0 Å². The first-order valence-corrected chi connectivity index (χ1v) is 8.86. The third kappa shape index (κ3) is 2.63. The highest BCUT2D eigenvalue weighted by Gasteiger charge is 2.39. The quantitative estimate of drug-likeness (QED) is 0.871. The summed E-state index contributed by atoms with van der Waals surface area (Å²) in [6.07, 6.45) is 8.29. The smallest absolute Gasteiger partial charge is 0.256 e. The van der Waals surface area contributed by atoms with Crippen molar-refractivity contribution >= 4 is 5.91 Å². The molecule has 5 heteroatoms. The van der Waals surface area contributed by atoms with Crippen molar-refractivity contribution < 1.29 is 4.79 Å². The van der Waals surface area contributed by atoms with Crippen LogP contribution in [-0.4, -0.2) is 57.7 Å². The second-order valence-corrected chi connectivity index (χ2v) is 6.87. The lowest BCUT2D eigenvalue weighted by Crippen LogP contribution is -2.47. The molecule has 2 aliphatic heterocycles. The molecule has 2 atom stereocenters. The largest absolute Gasteiger partial charge is 0.334 e. The fraction of sp³-hybridized carbons (Fsp3) is 0.474. The van der Waals surface area contributed by atoms with Gasteiger partial charge in [0.2, 0.25) is 0 Å². The molecular formula is C19H24N4O. The Morgan fingerprint density at radius 2 is 1.88 bits per heavy atom. The molecule has 0 aliphatic carbocycles. The van der Waals surface area contributed by atoms with Crippen LogP contribution in [-0.2, 0) is 0 Å². The number of amides is 1. The molecule has 2 aromatic rings. The zero-order chi connectivity index (χ0) is 16.5. The Morgan fingerprint density at radius 3 is 2.62 bits per heavy atom. The van der Waals surface area contributed by atoms with Crippen LogP contribution < -0.4 is 0 Å². The number of rotatable bonds is 3. The third-order valence-corrected chi connectivity index (χ3v) is 5.47. The number of aromatic nitrogens is 2. The summed E-state index contributed by atoms with van der Waals surface area (Å²) in [5.41, 5.74) is 1.60. The lowest BCUT2D eigenvalue weighted by atomic mass is 10.0. The minimum atomic E-state index is 0.143. The fourth-order valence-electron chi connectivity index (χ4n) is 4.29. The SMILES string of the molecule is CN1CCC[C@@H]1[C@@H]1CCCN1C(=O)c1ccccc1-n1cccn1. The Bertz CT molecular complexity index is 712. The Hall–Kier alpha value is -2.14. The molecule has 1 aromatic carbocycles. The lowest BCUT2D eigenvalue weighted by Gasteiger charge is -2.33. The first-order valence-electron chi connectivity index (χ1n) is 8.86. The van der Waals surface area contributed by atoms with Gasteiger partial charge in [0, 0.05) is 31.0 Å². The highest BCUT2D eigenvalue weighted by Crippen LogP contribution is 2.31. The van der Waals surface area contributed by atoms with Crippen LogP contribution in [0, 0.1) is 0 Å². The molecule has 2 saturated heterocycles. The zero-order valence-electron chi connectivity index (χ0n) is 14.1. The Balaban J connectivity index is 1.64. The summed E-state index contributed by atoms with van der Waals surface area (Å²) in [6, 6.07) is 10.5. The van der Waals surface area contributed by atoms with Crippen LogP contribution >= 0.6 is 0 Å². The molecule has 0 radical (unpaired) electrons. The summed E-state index contributed by atoms with van der Waals surface area (Å²) < 4.78 is 1.78. The first kappa shape index (κ1) is 15.4. The van der Waals surface area contributed by atoms with E-state index in [0.717, 1.165) is 37.2 Å². The average molecular weight is 324 g/mol. The lowest BCUT2D eigenvalue weighted by molar-refractivity contribution is 0.0664. The number of benzene rings is 1. The Labute approximate surface area is 142 Å². The van der Waals surface area contributed by atoms with E-state index in [1.807, 2.05) is 36.5 Å². The van der Waals surface area contributed by atoms with E-state index in [1.54, 1.807) is 10.9 Å². The number of hydrogen-bond acceptors (Lipinski definition) is 3. The molecule has 0 N–H and O–H groups in total. The summed E-state index contributed by atoms with van der Waals surface area (Å²) in [5.74, 6) is 0.143. The molecule has 4 rings (SSSR count). The minimum Gasteiger partial charge on any atom is -0.334 e. The van der Waals surface area contributed by atoms with E-state index in [4.69, 9.17) is 0 Å². The predicted octanol–water partition coefficient (Wildman–Crippen LogP) is 2.57. The number of likely N-dealkylation sites (tertiary alicyclic amines) is 2. The van der Waals surface area contributed by atoms with Crippen molar-refractivity contribution in [3.8, 4) is 5.69 Å². The highest BCUT2D eigenvalue weighted by atomic mass is 16.2. The molecule has 5 nitrogen and oxygen atoms in total. The van der Waals surface area contributed by atoms with E-state index in [9.17, 15) is 4.79 Å². The van der Waals surface area contributed by atoms with Gasteiger partial charge in [0.05, 0.1) is 11.3 Å². The molecule has 0 bridgehead atoms. The normalized spacial score (nSPS) is 24.6. The van der Waals surface area contributed by atoms with Crippen LogP contribution in [0.5, 0.6) is 0 Å². The topological polar surface area (TPSA) is 41.4 Å². The van der Waals surface area contributed by atoms with E-state index in [0.29, 0.717) is 12.1 Å². The maximum Gasteiger partial charge on any atom is 0.256 e. The maximum absolute atomic E-state index is 13.3. The minimum absolute atomic E-state index is 0.143. The monoisotopic (exact) mass is 324 g/mol. The molecule has 0 spiro atoms. The van der Waals surface area contributed by atoms with Gasteiger partial charge in [0.1, 0.15) is 0 Å². The van der Waals surface area contributed by atoms with Gasteiger partial charge in [-0.2, -0.15) is 5.10 Å². The second kappa shape index (κ2) is 6.40. The van der Waals surface area contributed by atoms with Crippen LogP contribution in [0.15, 0.2) is 42.7 Å². The van der Waals surface area contributed by atoms with Crippen molar-refractivity contribution in [2.45, 2.75) is 37.8 Å². The summed E-state index contributed by atoms with van der Waals surface area (Å²) >= 11 is 0. The number of carbonyl (C=O) groups excluding carboxylic acids is 1. The maximum atomic E-state index is 13.3.